The highest BCUT2D eigenvalue weighted by Crippen LogP contribution is 2.42. The van der Waals surface area contributed by atoms with Gasteiger partial charge < -0.3 is 9.47 Å². The van der Waals surface area contributed by atoms with Gasteiger partial charge in [0.05, 0.1) is 19.3 Å². The van der Waals surface area contributed by atoms with E-state index < -0.39 is 11.6 Å². The molecule has 0 bridgehead atoms. The molecule has 2 atom stereocenters. The average Bonchev–Trinajstić information content (AvgIpc) is 2.67. The van der Waals surface area contributed by atoms with Gasteiger partial charge in [0.15, 0.2) is 11.6 Å². The molecule has 1 aliphatic carbocycles. The van der Waals surface area contributed by atoms with Crippen LogP contribution in [0.1, 0.15) is 63.9 Å². The SMILES string of the molecule is C/C=C/C1CCC(C2CCC(c3ccc(OCC)c(F)c3F)CC2)CO1. The summed E-state index contributed by atoms with van der Waals surface area (Å²) in [6.07, 6.45) is 10.7. The minimum atomic E-state index is -0.845. The fourth-order valence-corrected chi connectivity index (χ4v) is 4.56. The van der Waals surface area contributed by atoms with Gasteiger partial charge in [0.2, 0.25) is 5.82 Å². The molecule has 2 nitrogen and oxygen atoms in total. The third-order valence-corrected chi connectivity index (χ3v) is 6.01. The van der Waals surface area contributed by atoms with E-state index in [1.165, 1.54) is 6.42 Å². The van der Waals surface area contributed by atoms with Crippen LogP contribution in [0.4, 0.5) is 8.78 Å². The van der Waals surface area contributed by atoms with E-state index >= 15 is 0 Å². The van der Waals surface area contributed by atoms with Crippen molar-refractivity contribution in [3.05, 3.63) is 41.5 Å². The molecule has 1 aromatic rings. The molecular weight excluding hydrogens is 334 g/mol. The summed E-state index contributed by atoms with van der Waals surface area (Å²) in [5.74, 6) is -0.196. The fourth-order valence-electron chi connectivity index (χ4n) is 4.56. The van der Waals surface area contributed by atoms with Gasteiger partial charge in [-0.05, 0) is 81.8 Å². The first-order valence-electron chi connectivity index (χ1n) is 9.99. The quantitative estimate of drug-likeness (QED) is 0.596. The van der Waals surface area contributed by atoms with Crippen LogP contribution in [0, 0.1) is 23.5 Å². The van der Waals surface area contributed by atoms with Crippen molar-refractivity contribution in [1.29, 1.82) is 0 Å². The van der Waals surface area contributed by atoms with Crippen LogP contribution >= 0.6 is 0 Å². The molecule has 144 valence electrons. The van der Waals surface area contributed by atoms with Crippen LogP contribution in [0.5, 0.6) is 5.75 Å². The minimum absolute atomic E-state index is 0.0115. The van der Waals surface area contributed by atoms with Gasteiger partial charge in [-0.3, -0.25) is 0 Å². The van der Waals surface area contributed by atoms with Crippen LogP contribution in [0.25, 0.3) is 0 Å². The van der Waals surface area contributed by atoms with Gasteiger partial charge in [0.1, 0.15) is 0 Å². The van der Waals surface area contributed by atoms with E-state index in [2.05, 4.69) is 12.2 Å². The lowest BCUT2D eigenvalue weighted by atomic mass is 9.72. The van der Waals surface area contributed by atoms with Crippen LogP contribution in [0.15, 0.2) is 24.3 Å². The molecule has 2 unspecified atom stereocenters. The first-order valence-corrected chi connectivity index (χ1v) is 9.99. The average molecular weight is 364 g/mol. The van der Waals surface area contributed by atoms with Crippen molar-refractivity contribution < 1.29 is 18.3 Å². The summed E-state index contributed by atoms with van der Waals surface area (Å²) in [7, 11) is 0. The third kappa shape index (κ3) is 4.28. The van der Waals surface area contributed by atoms with Gasteiger partial charge in [0.25, 0.3) is 0 Å². The Morgan fingerprint density at radius 3 is 2.38 bits per heavy atom. The van der Waals surface area contributed by atoms with E-state index in [-0.39, 0.29) is 17.8 Å². The fraction of sp³-hybridized carbons (Fsp3) is 0.636. The molecule has 1 saturated heterocycles. The molecule has 3 rings (SSSR count). The smallest absolute Gasteiger partial charge is 0.200 e. The van der Waals surface area contributed by atoms with E-state index in [1.54, 1.807) is 19.1 Å². The molecule has 1 aromatic carbocycles. The molecule has 1 saturated carbocycles. The van der Waals surface area contributed by atoms with E-state index in [9.17, 15) is 8.78 Å². The van der Waals surface area contributed by atoms with Crippen LogP contribution < -0.4 is 4.74 Å². The Kier molecular flexibility index (Phi) is 6.68. The zero-order valence-electron chi connectivity index (χ0n) is 15.8. The predicted octanol–water partition coefficient (Wildman–Crippen LogP) is 6.01. The maximum Gasteiger partial charge on any atom is 0.200 e. The van der Waals surface area contributed by atoms with Crippen LogP contribution in [-0.2, 0) is 4.74 Å². The Labute approximate surface area is 155 Å². The second kappa shape index (κ2) is 8.98. The normalized spacial score (nSPS) is 29.8. The molecule has 0 radical (unpaired) electrons. The first kappa shape index (κ1) is 19.3. The highest BCUT2D eigenvalue weighted by molar-refractivity contribution is 5.33. The monoisotopic (exact) mass is 364 g/mol. The third-order valence-electron chi connectivity index (χ3n) is 6.01. The molecule has 1 aliphatic heterocycles. The Bertz CT molecular complexity index is 613. The molecule has 26 heavy (non-hydrogen) atoms. The van der Waals surface area contributed by atoms with Crippen LogP contribution in [0.3, 0.4) is 0 Å². The van der Waals surface area contributed by atoms with Gasteiger partial charge in [-0.2, -0.15) is 4.39 Å². The van der Waals surface area contributed by atoms with Crippen molar-refractivity contribution in [2.75, 3.05) is 13.2 Å². The Morgan fingerprint density at radius 2 is 1.77 bits per heavy atom. The zero-order chi connectivity index (χ0) is 18.5. The molecule has 1 heterocycles. The van der Waals surface area contributed by atoms with E-state index in [0.29, 0.717) is 24.0 Å². The van der Waals surface area contributed by atoms with E-state index in [4.69, 9.17) is 9.47 Å². The molecule has 0 amide bonds. The molecule has 2 fully saturated rings. The number of hydrogen-bond acceptors (Lipinski definition) is 2. The second-order valence-electron chi connectivity index (χ2n) is 7.56. The standard InChI is InChI=1S/C22H30F2O2/c1-3-5-18-11-10-17(14-26-18)15-6-8-16(9-7-15)19-12-13-20(25-4-2)22(24)21(19)23/h3,5,12-13,15-18H,4,6-11,14H2,1-2H3/b5-3+. The van der Waals surface area contributed by atoms with Crippen molar-refractivity contribution in [1.82, 2.24) is 0 Å². The van der Waals surface area contributed by atoms with Gasteiger partial charge in [-0.1, -0.05) is 18.2 Å². The minimum Gasteiger partial charge on any atom is -0.491 e. The molecule has 2 aliphatic rings. The lowest BCUT2D eigenvalue weighted by molar-refractivity contribution is -0.0150. The maximum absolute atomic E-state index is 14.5. The number of hydrogen-bond donors (Lipinski definition) is 0. The zero-order valence-corrected chi connectivity index (χ0v) is 15.8. The molecule has 0 aromatic heterocycles. The largest absolute Gasteiger partial charge is 0.491 e. The summed E-state index contributed by atoms with van der Waals surface area (Å²) in [5.41, 5.74) is 0.512. The van der Waals surface area contributed by atoms with Crippen molar-refractivity contribution in [3.63, 3.8) is 0 Å². The number of rotatable bonds is 5. The molecular formula is C22H30F2O2. The van der Waals surface area contributed by atoms with Crippen molar-refractivity contribution in [2.45, 2.75) is 64.4 Å². The van der Waals surface area contributed by atoms with Gasteiger partial charge in [-0.15, -0.1) is 0 Å². The van der Waals surface area contributed by atoms with Crippen molar-refractivity contribution >= 4 is 0 Å². The molecule has 0 spiro atoms. The van der Waals surface area contributed by atoms with Gasteiger partial charge in [-0.25, -0.2) is 4.39 Å². The Balaban J connectivity index is 1.57. The number of allylic oxidation sites excluding steroid dienone is 1. The lowest BCUT2D eigenvalue weighted by Crippen LogP contribution is -2.31. The highest BCUT2D eigenvalue weighted by atomic mass is 19.2. The lowest BCUT2D eigenvalue weighted by Gasteiger charge is -2.37. The van der Waals surface area contributed by atoms with Crippen LogP contribution in [-0.4, -0.2) is 19.3 Å². The summed E-state index contributed by atoms with van der Waals surface area (Å²) in [6, 6.07) is 3.28. The topological polar surface area (TPSA) is 18.5 Å². The predicted molar refractivity (Wildman–Crippen MR) is 99.5 cm³/mol. The Morgan fingerprint density at radius 1 is 1.04 bits per heavy atom. The second-order valence-corrected chi connectivity index (χ2v) is 7.56. The van der Waals surface area contributed by atoms with E-state index in [1.807, 2.05) is 6.92 Å². The maximum atomic E-state index is 14.5. The molecule has 4 heteroatoms. The summed E-state index contributed by atoms with van der Waals surface area (Å²) >= 11 is 0. The summed E-state index contributed by atoms with van der Waals surface area (Å²) in [4.78, 5) is 0. The van der Waals surface area contributed by atoms with Gasteiger partial charge in [0, 0.05) is 0 Å². The summed E-state index contributed by atoms with van der Waals surface area (Å²) in [5, 5.41) is 0. The highest BCUT2D eigenvalue weighted by Gasteiger charge is 2.32. The van der Waals surface area contributed by atoms with Crippen molar-refractivity contribution in [2.24, 2.45) is 11.8 Å². The molecule has 0 N–H and O–H groups in total. The summed E-state index contributed by atoms with van der Waals surface area (Å²) in [6.45, 7) is 4.96. The van der Waals surface area contributed by atoms with Gasteiger partial charge >= 0.3 is 0 Å². The number of halogens is 2. The van der Waals surface area contributed by atoms with E-state index in [0.717, 1.165) is 38.7 Å². The Hall–Kier alpha value is -1.42. The number of ether oxygens (including phenoxy) is 2. The van der Waals surface area contributed by atoms with Crippen LogP contribution in [0.2, 0.25) is 0 Å². The number of benzene rings is 1. The summed E-state index contributed by atoms with van der Waals surface area (Å²) < 4.78 is 39.7. The first-order chi connectivity index (χ1) is 12.6. The van der Waals surface area contributed by atoms with Crippen molar-refractivity contribution in [3.8, 4) is 5.75 Å².